The smallest absolute Gasteiger partial charge is 0.237 e. The fraction of sp³-hybridized carbons (Fsp3) is 0.941. The summed E-state index contributed by atoms with van der Waals surface area (Å²) in [5.74, 6) is -0.236. The van der Waals surface area contributed by atoms with Crippen molar-refractivity contribution >= 4 is 5.91 Å². The summed E-state index contributed by atoms with van der Waals surface area (Å²) in [6.07, 6.45) is 8.43. The first-order valence-electron chi connectivity index (χ1n) is 8.70. The number of likely N-dealkylation sites (tertiary alicyclic amines) is 1. The van der Waals surface area contributed by atoms with E-state index >= 15 is 0 Å². The van der Waals surface area contributed by atoms with Crippen LogP contribution in [-0.2, 0) is 4.79 Å². The molecule has 2 unspecified atom stereocenters. The van der Waals surface area contributed by atoms with E-state index in [-0.39, 0.29) is 11.9 Å². The molecular formula is C17H35N3O. The van der Waals surface area contributed by atoms with Gasteiger partial charge in [-0.2, -0.15) is 0 Å². The van der Waals surface area contributed by atoms with E-state index < -0.39 is 5.54 Å². The van der Waals surface area contributed by atoms with Gasteiger partial charge in [0.05, 0.1) is 5.54 Å². The second-order valence-corrected chi connectivity index (χ2v) is 7.07. The summed E-state index contributed by atoms with van der Waals surface area (Å²) in [4.78, 5) is 14.4. The lowest BCUT2D eigenvalue weighted by Gasteiger charge is -2.37. The highest BCUT2D eigenvalue weighted by Crippen LogP contribution is 2.22. The Morgan fingerprint density at radius 3 is 2.71 bits per heavy atom. The minimum Gasteiger partial charge on any atom is -0.368 e. The van der Waals surface area contributed by atoms with Gasteiger partial charge in [0.2, 0.25) is 5.91 Å². The quantitative estimate of drug-likeness (QED) is 0.688. The summed E-state index contributed by atoms with van der Waals surface area (Å²) in [5.41, 5.74) is 5.02. The fourth-order valence-electron chi connectivity index (χ4n) is 3.55. The van der Waals surface area contributed by atoms with E-state index in [2.05, 4.69) is 31.0 Å². The van der Waals surface area contributed by atoms with Crippen molar-refractivity contribution in [2.75, 3.05) is 13.1 Å². The topological polar surface area (TPSA) is 58.4 Å². The summed E-state index contributed by atoms with van der Waals surface area (Å²) in [6.45, 7) is 10.6. The number of hydrogen-bond donors (Lipinski definition) is 2. The lowest BCUT2D eigenvalue weighted by atomic mass is 9.92. The van der Waals surface area contributed by atoms with Gasteiger partial charge in [-0.1, -0.05) is 19.8 Å². The molecule has 4 nitrogen and oxygen atoms in total. The van der Waals surface area contributed by atoms with E-state index in [1.54, 1.807) is 0 Å². The van der Waals surface area contributed by atoms with Crippen molar-refractivity contribution < 1.29 is 4.79 Å². The molecular weight excluding hydrogens is 262 g/mol. The van der Waals surface area contributed by atoms with Gasteiger partial charge in [0.25, 0.3) is 0 Å². The normalized spacial score (nSPS) is 23.2. The van der Waals surface area contributed by atoms with E-state index in [0.717, 1.165) is 25.4 Å². The van der Waals surface area contributed by atoms with Crippen molar-refractivity contribution in [1.82, 2.24) is 10.2 Å². The zero-order valence-corrected chi connectivity index (χ0v) is 14.5. The third kappa shape index (κ3) is 5.95. The number of nitrogens with zero attached hydrogens (tertiary/aromatic N) is 1. The number of rotatable bonds is 9. The van der Waals surface area contributed by atoms with Crippen LogP contribution in [0.5, 0.6) is 0 Å². The van der Waals surface area contributed by atoms with Crippen LogP contribution in [0.2, 0.25) is 0 Å². The number of piperidine rings is 1. The average molecular weight is 297 g/mol. The van der Waals surface area contributed by atoms with Gasteiger partial charge in [-0.25, -0.2) is 0 Å². The Kier molecular flexibility index (Phi) is 7.67. The number of hydrogen-bond acceptors (Lipinski definition) is 3. The number of carbonyl (C=O) groups excluding carboxylic acids is 1. The predicted octanol–water partition coefficient (Wildman–Crippen LogP) is 2.66. The van der Waals surface area contributed by atoms with Gasteiger partial charge < -0.3 is 16.0 Å². The maximum absolute atomic E-state index is 11.8. The molecule has 0 saturated carbocycles. The van der Waals surface area contributed by atoms with Gasteiger partial charge in [-0.3, -0.25) is 4.79 Å². The van der Waals surface area contributed by atoms with Gasteiger partial charge in [-0.15, -0.1) is 0 Å². The van der Waals surface area contributed by atoms with E-state index in [9.17, 15) is 4.79 Å². The second-order valence-electron chi connectivity index (χ2n) is 7.07. The highest BCUT2D eigenvalue weighted by Gasteiger charge is 2.31. The van der Waals surface area contributed by atoms with E-state index in [1.165, 1.54) is 38.6 Å². The molecule has 1 heterocycles. The molecule has 0 aromatic carbocycles. The average Bonchev–Trinajstić information content (AvgIpc) is 2.40. The number of primary amides is 1. The van der Waals surface area contributed by atoms with Gasteiger partial charge >= 0.3 is 0 Å². The van der Waals surface area contributed by atoms with Crippen molar-refractivity contribution in [1.29, 1.82) is 0 Å². The van der Waals surface area contributed by atoms with E-state index in [1.807, 2.05) is 6.92 Å². The summed E-state index contributed by atoms with van der Waals surface area (Å²) >= 11 is 0. The van der Waals surface area contributed by atoms with Crippen molar-refractivity contribution in [3.05, 3.63) is 0 Å². The minimum absolute atomic E-state index is 0.236. The molecule has 2 atom stereocenters. The molecule has 4 heteroatoms. The molecule has 0 aromatic heterocycles. The third-order valence-corrected chi connectivity index (χ3v) is 4.64. The van der Waals surface area contributed by atoms with Crippen LogP contribution < -0.4 is 11.1 Å². The first-order valence-corrected chi connectivity index (χ1v) is 8.70. The van der Waals surface area contributed by atoms with Crippen molar-refractivity contribution in [2.24, 2.45) is 5.73 Å². The minimum atomic E-state index is -0.579. The standard InChI is InChI=1S/C17H35N3O/c1-5-9-15-10-6-7-12-20(15)13-8-11-17(4,16(18)21)19-14(2)3/h14-15,19H,5-13H2,1-4H3,(H2,18,21). The number of amides is 1. The van der Waals surface area contributed by atoms with Gasteiger partial charge in [0.15, 0.2) is 0 Å². The Hall–Kier alpha value is -0.610. The van der Waals surface area contributed by atoms with E-state index in [4.69, 9.17) is 5.73 Å². The SMILES string of the molecule is CCCC1CCCCN1CCCC(C)(NC(C)C)C(N)=O. The first kappa shape index (κ1) is 18.4. The van der Waals surface area contributed by atoms with Crippen LogP contribution in [0.15, 0.2) is 0 Å². The maximum Gasteiger partial charge on any atom is 0.237 e. The molecule has 0 aliphatic carbocycles. The van der Waals surface area contributed by atoms with Crippen molar-refractivity contribution in [2.45, 2.75) is 90.3 Å². The van der Waals surface area contributed by atoms with Gasteiger partial charge in [-0.05, 0) is 66.0 Å². The molecule has 0 bridgehead atoms. The van der Waals surface area contributed by atoms with Gasteiger partial charge in [0, 0.05) is 12.1 Å². The van der Waals surface area contributed by atoms with Crippen molar-refractivity contribution in [3.8, 4) is 0 Å². The molecule has 1 aliphatic rings. The zero-order chi connectivity index (χ0) is 15.9. The fourth-order valence-corrected chi connectivity index (χ4v) is 3.55. The molecule has 1 saturated heterocycles. The first-order chi connectivity index (χ1) is 9.89. The lowest BCUT2D eigenvalue weighted by Crippen LogP contribution is -2.55. The molecule has 1 aliphatic heterocycles. The van der Waals surface area contributed by atoms with Crippen LogP contribution in [0.4, 0.5) is 0 Å². The zero-order valence-electron chi connectivity index (χ0n) is 14.5. The van der Waals surface area contributed by atoms with Crippen LogP contribution in [0.1, 0.15) is 72.6 Å². The Labute approximate surface area is 130 Å². The molecule has 0 radical (unpaired) electrons. The second kappa shape index (κ2) is 8.74. The largest absolute Gasteiger partial charge is 0.368 e. The predicted molar refractivity (Wildman–Crippen MR) is 89.2 cm³/mol. The molecule has 0 aromatic rings. The molecule has 1 amide bonds. The highest BCUT2D eigenvalue weighted by molar-refractivity contribution is 5.84. The lowest BCUT2D eigenvalue weighted by molar-refractivity contribution is -0.124. The van der Waals surface area contributed by atoms with Crippen LogP contribution in [0.25, 0.3) is 0 Å². The number of nitrogens with one attached hydrogen (secondary N) is 1. The Bertz CT molecular complexity index is 317. The Morgan fingerprint density at radius 2 is 2.14 bits per heavy atom. The van der Waals surface area contributed by atoms with Crippen LogP contribution in [0, 0.1) is 0 Å². The van der Waals surface area contributed by atoms with Crippen LogP contribution in [0.3, 0.4) is 0 Å². The Morgan fingerprint density at radius 1 is 1.43 bits per heavy atom. The maximum atomic E-state index is 11.8. The third-order valence-electron chi connectivity index (χ3n) is 4.64. The van der Waals surface area contributed by atoms with Crippen LogP contribution in [-0.4, -0.2) is 41.5 Å². The highest BCUT2D eigenvalue weighted by atomic mass is 16.1. The van der Waals surface area contributed by atoms with Gasteiger partial charge in [0.1, 0.15) is 0 Å². The molecule has 0 spiro atoms. The summed E-state index contributed by atoms with van der Waals surface area (Å²) in [5, 5.41) is 3.34. The molecule has 21 heavy (non-hydrogen) atoms. The van der Waals surface area contributed by atoms with E-state index in [0.29, 0.717) is 0 Å². The number of nitrogens with two attached hydrogens (primary N) is 1. The summed E-state index contributed by atoms with van der Waals surface area (Å²) < 4.78 is 0. The summed E-state index contributed by atoms with van der Waals surface area (Å²) in [7, 11) is 0. The molecule has 3 N–H and O–H groups in total. The van der Waals surface area contributed by atoms with Crippen LogP contribution >= 0.6 is 0 Å². The summed E-state index contributed by atoms with van der Waals surface area (Å²) in [6, 6.07) is 1.02. The monoisotopic (exact) mass is 297 g/mol. The molecule has 1 rings (SSSR count). The number of carbonyl (C=O) groups is 1. The Balaban J connectivity index is 2.47. The molecule has 1 fully saturated rings. The molecule has 124 valence electrons. The van der Waals surface area contributed by atoms with Crippen molar-refractivity contribution in [3.63, 3.8) is 0 Å².